The van der Waals surface area contributed by atoms with Crippen LogP contribution in [0.2, 0.25) is 0 Å². The van der Waals surface area contributed by atoms with E-state index in [4.69, 9.17) is 9.15 Å². The van der Waals surface area contributed by atoms with Crippen molar-refractivity contribution in [3.63, 3.8) is 0 Å². The average Bonchev–Trinajstić information content (AvgIpc) is 3.53. The van der Waals surface area contributed by atoms with Crippen molar-refractivity contribution in [2.45, 2.75) is 19.4 Å². The van der Waals surface area contributed by atoms with Gasteiger partial charge in [0.1, 0.15) is 6.08 Å². The van der Waals surface area contributed by atoms with Crippen LogP contribution in [0.15, 0.2) is 107 Å². The first-order valence-corrected chi connectivity index (χ1v) is 17.5. The molecule has 6 rings (SSSR count). The zero-order valence-corrected chi connectivity index (χ0v) is 28.7. The summed E-state index contributed by atoms with van der Waals surface area (Å²) in [7, 11) is -8.86. The van der Waals surface area contributed by atoms with Gasteiger partial charge in [-0.3, -0.25) is 0 Å². The Kier molecular flexibility index (Phi) is 10.4. The third-order valence-electron chi connectivity index (χ3n) is 7.47. The number of aryl methyl sites for hydroxylation is 1. The molecule has 46 heavy (non-hydrogen) atoms. The molecule has 1 aromatic heterocycles. The van der Waals surface area contributed by atoms with Crippen molar-refractivity contribution in [3.8, 4) is 28.0 Å². The van der Waals surface area contributed by atoms with Crippen molar-refractivity contribution in [1.29, 1.82) is 0 Å². The Morgan fingerprint density at radius 3 is 1.93 bits per heavy atom. The normalized spacial score (nSPS) is 13.9. The third-order valence-corrected chi connectivity index (χ3v) is 9.05. The van der Waals surface area contributed by atoms with Gasteiger partial charge in [0.05, 0.1) is 25.9 Å². The van der Waals surface area contributed by atoms with Gasteiger partial charge in [0, 0.05) is 30.5 Å². The summed E-state index contributed by atoms with van der Waals surface area (Å²) in [5, 5.41) is 0. The molecule has 10 nitrogen and oxygen atoms in total. The second kappa shape index (κ2) is 14.1. The molecule has 4 aromatic carbocycles. The Labute approximate surface area is 289 Å². The summed E-state index contributed by atoms with van der Waals surface area (Å²) in [5.74, 6) is 0.136. The maximum absolute atomic E-state index is 11.4. The van der Waals surface area contributed by atoms with E-state index in [1.54, 1.807) is 15.5 Å². The van der Waals surface area contributed by atoms with Crippen LogP contribution in [-0.4, -0.2) is 44.0 Å². The number of ether oxygens (including phenoxy) is 1. The Bertz CT molecular complexity index is 2100. The van der Waals surface area contributed by atoms with Crippen LogP contribution in [0.4, 0.5) is 5.69 Å². The first-order chi connectivity index (χ1) is 21.5. The van der Waals surface area contributed by atoms with Gasteiger partial charge in [0.15, 0.2) is 12.3 Å². The fourth-order valence-corrected chi connectivity index (χ4v) is 6.37. The first kappa shape index (κ1) is 33.9. The van der Waals surface area contributed by atoms with E-state index in [1.807, 2.05) is 97.1 Å². The van der Waals surface area contributed by atoms with Gasteiger partial charge in [-0.2, -0.15) is 4.57 Å². The molecule has 1 aliphatic rings. The molecule has 0 spiro atoms. The van der Waals surface area contributed by atoms with E-state index in [0.29, 0.717) is 34.3 Å². The second-order valence-electron chi connectivity index (χ2n) is 10.7. The number of hydrogen-bond acceptors (Lipinski definition) is 9. The molecule has 0 bridgehead atoms. The van der Waals surface area contributed by atoms with Gasteiger partial charge in [-0.05, 0) is 46.9 Å². The minimum absolute atomic E-state index is 0. The summed E-state index contributed by atoms with van der Waals surface area (Å²) < 4.78 is 82.7. The van der Waals surface area contributed by atoms with Crippen LogP contribution >= 0.6 is 0 Å². The number of rotatable bonds is 11. The van der Waals surface area contributed by atoms with Crippen LogP contribution in [0, 0.1) is 0 Å². The third kappa shape index (κ3) is 8.07. The van der Waals surface area contributed by atoms with E-state index >= 15 is 0 Å². The molecule has 232 valence electrons. The van der Waals surface area contributed by atoms with Crippen molar-refractivity contribution >= 4 is 43.1 Å². The molecule has 0 saturated heterocycles. The maximum atomic E-state index is 11.4. The number of fused-ring (bicyclic) bond motifs is 2. The van der Waals surface area contributed by atoms with E-state index in [0.717, 1.165) is 22.3 Å². The van der Waals surface area contributed by atoms with Gasteiger partial charge in [-0.1, -0.05) is 72.8 Å². The summed E-state index contributed by atoms with van der Waals surface area (Å²) >= 11 is 0. The van der Waals surface area contributed by atoms with Crippen molar-refractivity contribution in [3.05, 3.63) is 109 Å². The van der Waals surface area contributed by atoms with Crippen LogP contribution in [0.5, 0.6) is 5.75 Å². The van der Waals surface area contributed by atoms with Gasteiger partial charge in [-0.15, -0.1) is 0 Å². The van der Waals surface area contributed by atoms with Gasteiger partial charge < -0.3 is 23.2 Å². The molecular weight excluding hydrogens is 639 g/mol. The van der Waals surface area contributed by atoms with Gasteiger partial charge in [0.25, 0.3) is 5.52 Å². The molecule has 0 N–H and O–H groups in total. The number of benzene rings is 4. The molecule has 0 unspecified atom stereocenters. The van der Waals surface area contributed by atoms with Crippen molar-refractivity contribution in [2.24, 2.45) is 0 Å². The van der Waals surface area contributed by atoms with Gasteiger partial charge in [-0.25, -0.2) is 16.8 Å². The fourth-order valence-electron chi connectivity index (χ4n) is 5.40. The Hall–Kier alpha value is -3.49. The Morgan fingerprint density at radius 2 is 1.30 bits per heavy atom. The number of hydrogen-bond donors (Lipinski definition) is 0. The minimum atomic E-state index is -4.43. The smallest absolute Gasteiger partial charge is 0.748 e. The molecule has 1 aliphatic heterocycles. The standard InChI is InChI=1S/C33H30N2O8S2.Na/c36-44(37,38)19-7-17-34-28-21-26(24-9-3-1-4-10-24)13-15-30(28)42-32(34)23-33-35(18-8-20-45(39,40)41)29-22-27(14-16-31(29)43-33)25-11-5-2-6-12-25;/h1-6,9-16,21-23H,7-8,17-20H2,(H-,36,37,38,39,40,41);/q;+1/p-1. The predicted molar refractivity (Wildman–Crippen MR) is 168 cm³/mol. The van der Waals surface area contributed by atoms with E-state index in [1.165, 1.54) is 0 Å². The summed E-state index contributed by atoms with van der Waals surface area (Å²) in [6, 6.07) is 30.9. The summed E-state index contributed by atoms with van der Waals surface area (Å²) in [4.78, 5) is 1.79. The summed E-state index contributed by atoms with van der Waals surface area (Å²) in [5.41, 5.74) is 5.74. The number of anilines is 1. The molecule has 0 radical (unpaired) electrons. The molecular formula is C33H29N2NaO8S2. The Morgan fingerprint density at radius 1 is 0.717 bits per heavy atom. The number of nitrogens with zero attached hydrogens (tertiary/aromatic N) is 2. The van der Waals surface area contributed by atoms with Crippen molar-refractivity contribution in [1.82, 2.24) is 0 Å². The average molecular weight is 669 g/mol. The molecule has 0 fully saturated rings. The second-order valence-corrected chi connectivity index (χ2v) is 13.7. The first-order valence-electron chi connectivity index (χ1n) is 14.3. The number of aromatic nitrogens is 1. The minimum Gasteiger partial charge on any atom is -0.748 e. The quantitative estimate of drug-likeness (QED) is 0.117. The van der Waals surface area contributed by atoms with E-state index in [9.17, 15) is 25.9 Å². The van der Waals surface area contributed by atoms with E-state index in [2.05, 4.69) is 0 Å². The van der Waals surface area contributed by atoms with Crippen molar-refractivity contribution in [2.75, 3.05) is 23.0 Å². The van der Waals surface area contributed by atoms with E-state index < -0.39 is 31.7 Å². The monoisotopic (exact) mass is 668 g/mol. The summed E-state index contributed by atoms with van der Waals surface area (Å²) in [6.07, 6.45) is 1.77. The topological polar surface area (TPSA) is 144 Å². The van der Waals surface area contributed by atoms with Crippen LogP contribution < -0.4 is 43.8 Å². The molecule has 2 heterocycles. The molecule has 0 saturated carbocycles. The molecule has 0 amide bonds. The SMILES string of the molecule is O=S(=O)([O-])CCCN1/C(=C/c2oc3ccc(-c4ccccc4)cc3[n+]2CCCS(=O)(=O)[O-])Oc2ccc(-c3ccccc3)cc21.[Na+]. The van der Waals surface area contributed by atoms with Crippen LogP contribution in [0.1, 0.15) is 18.7 Å². The fraction of sp³-hybridized carbons (Fsp3) is 0.182. The van der Waals surface area contributed by atoms with Gasteiger partial charge >= 0.3 is 35.4 Å². The zero-order valence-electron chi connectivity index (χ0n) is 25.0. The zero-order chi connectivity index (χ0) is 31.6. The molecule has 0 atom stereocenters. The Balaban J connectivity index is 0.00000417. The summed E-state index contributed by atoms with van der Waals surface area (Å²) in [6.45, 7) is 0.344. The van der Waals surface area contributed by atoms with Crippen LogP contribution in [-0.2, 0) is 26.8 Å². The molecule has 0 aliphatic carbocycles. The molecule has 13 heteroatoms. The molecule has 5 aromatic rings. The maximum Gasteiger partial charge on any atom is 1.00 e. The van der Waals surface area contributed by atoms with Gasteiger partial charge in [0.2, 0.25) is 11.5 Å². The van der Waals surface area contributed by atoms with E-state index in [-0.39, 0.29) is 55.5 Å². The van der Waals surface area contributed by atoms with Crippen LogP contribution in [0.3, 0.4) is 0 Å². The predicted octanol–water partition coefficient (Wildman–Crippen LogP) is 2.13. The number of oxazole rings is 1. The van der Waals surface area contributed by atoms with Crippen molar-refractivity contribution < 1.29 is 69.2 Å². The van der Waals surface area contributed by atoms with Crippen LogP contribution in [0.25, 0.3) is 39.4 Å². The largest absolute Gasteiger partial charge is 1.00 e.